The topological polar surface area (TPSA) is 57.5 Å². The van der Waals surface area contributed by atoms with E-state index in [1.807, 2.05) is 0 Å². The fraction of sp³-hybridized carbons (Fsp3) is 0.533. The third-order valence-corrected chi connectivity index (χ3v) is 3.41. The van der Waals surface area contributed by atoms with Gasteiger partial charge in [0.05, 0.1) is 0 Å². The largest absolute Gasteiger partial charge is 0.507 e. The quantitative estimate of drug-likeness (QED) is 0.752. The molecule has 0 aliphatic carbocycles. The Morgan fingerprint density at radius 2 is 1.94 bits per heavy atom. The van der Waals surface area contributed by atoms with Crippen LogP contribution < -0.4 is 0 Å². The summed E-state index contributed by atoms with van der Waals surface area (Å²) < 4.78 is 0. The van der Waals surface area contributed by atoms with E-state index in [1.165, 1.54) is 18.9 Å². The van der Waals surface area contributed by atoms with Gasteiger partial charge in [0.2, 0.25) is 0 Å². The standard InChI is InChI=1S/C15H22O3/c1-4-5-6-9-15(2,3)11-7-8-12(14(17)18)13(16)10-11/h7-8,10,16H,4-6,9H2,1-3H3,(H,17,18). The van der Waals surface area contributed by atoms with Crippen molar-refractivity contribution < 1.29 is 15.0 Å². The molecule has 18 heavy (non-hydrogen) atoms. The van der Waals surface area contributed by atoms with Crippen LogP contribution in [0.5, 0.6) is 5.75 Å². The van der Waals surface area contributed by atoms with E-state index < -0.39 is 5.97 Å². The maximum Gasteiger partial charge on any atom is 0.339 e. The lowest BCUT2D eigenvalue weighted by Crippen LogP contribution is -2.17. The van der Waals surface area contributed by atoms with Crippen LogP contribution in [0.15, 0.2) is 18.2 Å². The summed E-state index contributed by atoms with van der Waals surface area (Å²) in [7, 11) is 0. The molecule has 1 rings (SSSR count). The highest BCUT2D eigenvalue weighted by molar-refractivity contribution is 5.90. The molecule has 2 N–H and O–H groups in total. The molecule has 0 spiro atoms. The molecule has 0 aliphatic heterocycles. The number of benzene rings is 1. The lowest BCUT2D eigenvalue weighted by Gasteiger charge is -2.25. The molecular formula is C15H22O3. The van der Waals surface area contributed by atoms with Crippen LogP contribution in [0.4, 0.5) is 0 Å². The fourth-order valence-electron chi connectivity index (χ4n) is 2.09. The van der Waals surface area contributed by atoms with Crippen LogP contribution >= 0.6 is 0 Å². The number of aromatic hydroxyl groups is 1. The van der Waals surface area contributed by atoms with Gasteiger partial charge in [0.1, 0.15) is 11.3 Å². The van der Waals surface area contributed by atoms with Crippen molar-refractivity contribution in [2.45, 2.75) is 51.9 Å². The highest BCUT2D eigenvalue weighted by Gasteiger charge is 2.22. The minimum Gasteiger partial charge on any atom is -0.507 e. The van der Waals surface area contributed by atoms with Crippen LogP contribution in [-0.4, -0.2) is 16.2 Å². The number of phenols is 1. The van der Waals surface area contributed by atoms with Gasteiger partial charge in [-0.1, -0.05) is 46.1 Å². The van der Waals surface area contributed by atoms with E-state index in [-0.39, 0.29) is 16.7 Å². The zero-order chi connectivity index (χ0) is 13.8. The Morgan fingerprint density at radius 3 is 2.44 bits per heavy atom. The molecule has 0 aromatic heterocycles. The van der Waals surface area contributed by atoms with Crippen molar-refractivity contribution in [3.05, 3.63) is 29.3 Å². The minimum atomic E-state index is -1.09. The molecular weight excluding hydrogens is 228 g/mol. The molecule has 100 valence electrons. The van der Waals surface area contributed by atoms with Gasteiger partial charge in [-0.15, -0.1) is 0 Å². The number of hydrogen-bond donors (Lipinski definition) is 2. The number of carboxylic acids is 1. The Hall–Kier alpha value is -1.51. The van der Waals surface area contributed by atoms with Crippen LogP contribution in [-0.2, 0) is 5.41 Å². The van der Waals surface area contributed by atoms with Gasteiger partial charge < -0.3 is 10.2 Å². The van der Waals surface area contributed by atoms with Gasteiger partial charge in [-0.25, -0.2) is 4.79 Å². The lowest BCUT2D eigenvalue weighted by atomic mass is 9.79. The molecule has 1 aromatic rings. The molecule has 0 atom stereocenters. The van der Waals surface area contributed by atoms with Crippen molar-refractivity contribution in [1.29, 1.82) is 0 Å². The van der Waals surface area contributed by atoms with Crippen molar-refractivity contribution in [2.24, 2.45) is 0 Å². The zero-order valence-electron chi connectivity index (χ0n) is 11.4. The minimum absolute atomic E-state index is 0.0380. The van der Waals surface area contributed by atoms with Crippen LogP contribution in [0, 0.1) is 0 Å². The third kappa shape index (κ3) is 3.49. The average Bonchev–Trinajstić information content (AvgIpc) is 2.28. The molecule has 0 unspecified atom stereocenters. The second kappa shape index (κ2) is 5.89. The number of aromatic carboxylic acids is 1. The van der Waals surface area contributed by atoms with E-state index >= 15 is 0 Å². The van der Waals surface area contributed by atoms with Gasteiger partial charge in [0, 0.05) is 0 Å². The zero-order valence-corrected chi connectivity index (χ0v) is 11.4. The molecule has 3 heteroatoms. The van der Waals surface area contributed by atoms with Crippen LogP contribution in [0.3, 0.4) is 0 Å². The smallest absolute Gasteiger partial charge is 0.339 e. The summed E-state index contributed by atoms with van der Waals surface area (Å²) in [4.78, 5) is 10.8. The van der Waals surface area contributed by atoms with E-state index in [0.29, 0.717) is 0 Å². The SMILES string of the molecule is CCCCCC(C)(C)c1ccc(C(=O)O)c(O)c1. The highest BCUT2D eigenvalue weighted by Crippen LogP contribution is 2.32. The monoisotopic (exact) mass is 250 g/mol. The fourth-order valence-corrected chi connectivity index (χ4v) is 2.09. The van der Waals surface area contributed by atoms with Crippen LogP contribution in [0.2, 0.25) is 0 Å². The summed E-state index contributed by atoms with van der Waals surface area (Å²) in [5.74, 6) is -1.24. The van der Waals surface area contributed by atoms with Crippen LogP contribution in [0.25, 0.3) is 0 Å². The van der Waals surface area contributed by atoms with E-state index in [9.17, 15) is 9.90 Å². The Kier molecular flexibility index (Phi) is 4.76. The van der Waals surface area contributed by atoms with Gasteiger partial charge in [-0.05, 0) is 29.5 Å². The van der Waals surface area contributed by atoms with Gasteiger partial charge >= 0.3 is 5.97 Å². The van der Waals surface area contributed by atoms with Crippen LogP contribution in [0.1, 0.15) is 62.4 Å². The molecule has 0 amide bonds. The first-order chi connectivity index (χ1) is 8.38. The first-order valence-corrected chi connectivity index (χ1v) is 6.45. The van der Waals surface area contributed by atoms with E-state index in [0.717, 1.165) is 18.4 Å². The molecule has 0 bridgehead atoms. The van der Waals surface area contributed by atoms with Gasteiger partial charge in [-0.2, -0.15) is 0 Å². The Labute approximate surface area is 108 Å². The second-order valence-electron chi connectivity index (χ2n) is 5.38. The van der Waals surface area contributed by atoms with Gasteiger partial charge in [-0.3, -0.25) is 0 Å². The number of unbranched alkanes of at least 4 members (excludes halogenated alkanes) is 2. The molecule has 3 nitrogen and oxygen atoms in total. The number of carbonyl (C=O) groups is 1. The molecule has 0 heterocycles. The first-order valence-electron chi connectivity index (χ1n) is 6.45. The predicted molar refractivity (Wildman–Crippen MR) is 72.2 cm³/mol. The summed E-state index contributed by atoms with van der Waals surface area (Å²) in [6, 6.07) is 4.86. The van der Waals surface area contributed by atoms with Gasteiger partial charge in [0.25, 0.3) is 0 Å². The summed E-state index contributed by atoms with van der Waals surface area (Å²) in [6.07, 6.45) is 4.56. The second-order valence-corrected chi connectivity index (χ2v) is 5.38. The number of rotatable bonds is 6. The summed E-state index contributed by atoms with van der Waals surface area (Å²) in [5.41, 5.74) is 0.910. The van der Waals surface area contributed by atoms with E-state index in [2.05, 4.69) is 20.8 Å². The number of hydrogen-bond acceptors (Lipinski definition) is 2. The van der Waals surface area contributed by atoms with Gasteiger partial charge in [0.15, 0.2) is 0 Å². The Morgan fingerprint density at radius 1 is 1.28 bits per heavy atom. The van der Waals surface area contributed by atoms with E-state index in [4.69, 9.17) is 5.11 Å². The van der Waals surface area contributed by atoms with Crippen molar-refractivity contribution in [1.82, 2.24) is 0 Å². The first kappa shape index (κ1) is 14.6. The molecule has 0 saturated heterocycles. The van der Waals surface area contributed by atoms with E-state index in [1.54, 1.807) is 12.1 Å². The Balaban J connectivity index is 2.89. The summed E-state index contributed by atoms with van der Waals surface area (Å²) >= 11 is 0. The van der Waals surface area contributed by atoms with Crippen molar-refractivity contribution in [2.75, 3.05) is 0 Å². The molecule has 0 radical (unpaired) electrons. The lowest BCUT2D eigenvalue weighted by molar-refractivity contribution is 0.0693. The Bertz CT molecular complexity index is 422. The van der Waals surface area contributed by atoms with Crippen molar-refractivity contribution in [3.8, 4) is 5.75 Å². The maximum absolute atomic E-state index is 10.8. The summed E-state index contributed by atoms with van der Waals surface area (Å²) in [5, 5.41) is 18.6. The van der Waals surface area contributed by atoms with Crippen molar-refractivity contribution in [3.63, 3.8) is 0 Å². The third-order valence-electron chi connectivity index (χ3n) is 3.41. The predicted octanol–water partition coefficient (Wildman–Crippen LogP) is 3.95. The molecule has 1 aromatic carbocycles. The normalized spacial score (nSPS) is 11.5. The molecule has 0 saturated carbocycles. The molecule has 0 fully saturated rings. The molecule has 0 aliphatic rings. The van der Waals surface area contributed by atoms with Crippen molar-refractivity contribution >= 4 is 5.97 Å². The number of carboxylic acid groups (broad SMARTS) is 1. The summed E-state index contributed by atoms with van der Waals surface area (Å²) in [6.45, 7) is 6.41. The average molecular weight is 250 g/mol. The highest BCUT2D eigenvalue weighted by atomic mass is 16.4. The maximum atomic E-state index is 10.8.